The van der Waals surface area contributed by atoms with Gasteiger partial charge in [-0.15, -0.1) is 11.3 Å². The number of nitrogens with two attached hydrogens (primary N) is 1. The second-order valence-corrected chi connectivity index (χ2v) is 4.74. The maximum atomic E-state index is 5.51. The highest BCUT2D eigenvalue weighted by Gasteiger charge is 2.19. The van der Waals surface area contributed by atoms with Crippen molar-refractivity contribution in [3.63, 3.8) is 0 Å². The highest BCUT2D eigenvalue weighted by atomic mass is 32.1. The second kappa shape index (κ2) is 3.84. The van der Waals surface area contributed by atoms with Crippen molar-refractivity contribution in [3.05, 3.63) is 28.8 Å². The molecule has 2 heterocycles. The van der Waals surface area contributed by atoms with Crippen LogP contribution in [-0.4, -0.2) is 9.97 Å². The number of aromatic nitrogens is 2. The molecule has 0 unspecified atom stereocenters. The van der Waals surface area contributed by atoms with E-state index in [1.54, 1.807) is 11.3 Å². The van der Waals surface area contributed by atoms with Crippen LogP contribution in [0.3, 0.4) is 0 Å². The first kappa shape index (κ1) is 9.74. The molecule has 0 amide bonds. The van der Waals surface area contributed by atoms with Crippen molar-refractivity contribution in [3.8, 4) is 10.7 Å². The van der Waals surface area contributed by atoms with Crippen molar-refractivity contribution in [2.45, 2.75) is 19.3 Å². The lowest BCUT2D eigenvalue weighted by Gasteiger charge is -2.07. The lowest BCUT2D eigenvalue weighted by molar-refractivity contribution is 0.900. The molecule has 0 aliphatic heterocycles. The van der Waals surface area contributed by atoms with Crippen molar-refractivity contribution in [1.29, 1.82) is 0 Å². The number of nitrogen functional groups attached to an aromatic ring is 1. The van der Waals surface area contributed by atoms with Crippen LogP contribution in [0.2, 0.25) is 0 Å². The fraction of sp³-hybridized carbons (Fsp3) is 0.273. The van der Waals surface area contributed by atoms with Gasteiger partial charge in [0.15, 0.2) is 5.82 Å². The normalized spacial score (nSPS) is 13.8. The van der Waals surface area contributed by atoms with Crippen LogP contribution in [0.5, 0.6) is 0 Å². The molecule has 0 saturated heterocycles. The van der Waals surface area contributed by atoms with E-state index in [1.165, 1.54) is 5.56 Å². The summed E-state index contributed by atoms with van der Waals surface area (Å²) in [5.74, 6) is 7.07. The number of thiophene rings is 1. The maximum Gasteiger partial charge on any atom is 0.171 e. The summed E-state index contributed by atoms with van der Waals surface area (Å²) in [6.07, 6.45) is 3.21. The third-order valence-corrected chi connectivity index (χ3v) is 3.68. The van der Waals surface area contributed by atoms with E-state index in [1.807, 2.05) is 17.5 Å². The number of hydrogen-bond donors (Lipinski definition) is 2. The first-order valence-corrected chi connectivity index (χ1v) is 6.17. The first-order valence-electron chi connectivity index (χ1n) is 5.29. The van der Waals surface area contributed by atoms with E-state index in [0.29, 0.717) is 0 Å². The van der Waals surface area contributed by atoms with Crippen LogP contribution in [0.1, 0.15) is 17.7 Å². The largest absolute Gasteiger partial charge is 0.308 e. The number of hydrazine groups is 1. The van der Waals surface area contributed by atoms with Crippen molar-refractivity contribution in [1.82, 2.24) is 9.97 Å². The topological polar surface area (TPSA) is 63.8 Å². The number of nitrogens with one attached hydrogen (secondary N) is 1. The van der Waals surface area contributed by atoms with Crippen molar-refractivity contribution < 1.29 is 0 Å². The van der Waals surface area contributed by atoms with Crippen molar-refractivity contribution in [2.75, 3.05) is 5.43 Å². The number of fused-ring (bicyclic) bond motifs is 1. The molecule has 0 bridgehead atoms. The third-order valence-electron chi connectivity index (χ3n) is 2.81. The molecule has 0 radical (unpaired) electrons. The van der Waals surface area contributed by atoms with E-state index in [4.69, 9.17) is 5.84 Å². The molecule has 1 aliphatic rings. The summed E-state index contributed by atoms with van der Waals surface area (Å²) in [6.45, 7) is 0. The molecule has 3 N–H and O–H groups in total. The molecule has 82 valence electrons. The van der Waals surface area contributed by atoms with Gasteiger partial charge in [-0.25, -0.2) is 15.8 Å². The standard InChI is InChI=1S/C11H12N4S/c12-15-10-7-3-1-4-8(7)13-11(14-10)9-5-2-6-16-9/h2,5-6H,1,3-4,12H2,(H,13,14,15). The Bertz CT molecular complexity index is 507. The third kappa shape index (κ3) is 1.48. The van der Waals surface area contributed by atoms with Crippen LogP contribution < -0.4 is 11.3 Å². The van der Waals surface area contributed by atoms with Gasteiger partial charge in [-0.1, -0.05) is 6.07 Å². The lowest BCUT2D eigenvalue weighted by Crippen LogP contribution is -2.12. The molecular weight excluding hydrogens is 220 g/mol. The van der Waals surface area contributed by atoms with E-state index < -0.39 is 0 Å². The zero-order valence-corrected chi connectivity index (χ0v) is 9.55. The lowest BCUT2D eigenvalue weighted by atomic mass is 10.2. The Hall–Kier alpha value is -1.46. The van der Waals surface area contributed by atoms with E-state index in [0.717, 1.165) is 41.5 Å². The SMILES string of the molecule is NNc1nc(-c2cccs2)nc2c1CCC2. The zero-order chi connectivity index (χ0) is 11.0. The van der Waals surface area contributed by atoms with Crippen molar-refractivity contribution >= 4 is 17.2 Å². The van der Waals surface area contributed by atoms with Crippen LogP contribution in [-0.2, 0) is 12.8 Å². The Kier molecular flexibility index (Phi) is 2.34. The Morgan fingerprint density at radius 2 is 2.25 bits per heavy atom. The Morgan fingerprint density at radius 3 is 3.00 bits per heavy atom. The van der Waals surface area contributed by atoms with E-state index in [9.17, 15) is 0 Å². The molecular formula is C11H12N4S. The van der Waals surface area contributed by atoms with Crippen LogP contribution in [0.15, 0.2) is 17.5 Å². The maximum absolute atomic E-state index is 5.51. The molecule has 0 atom stereocenters. The van der Waals surface area contributed by atoms with E-state index in [-0.39, 0.29) is 0 Å². The smallest absolute Gasteiger partial charge is 0.171 e. The van der Waals surface area contributed by atoms with Gasteiger partial charge in [-0.05, 0) is 30.7 Å². The fourth-order valence-corrected chi connectivity index (χ4v) is 2.73. The highest BCUT2D eigenvalue weighted by Crippen LogP contribution is 2.30. The molecule has 0 fully saturated rings. The Labute approximate surface area is 97.5 Å². The molecule has 1 aliphatic carbocycles. The molecule has 0 spiro atoms. The number of nitrogens with zero attached hydrogens (tertiary/aromatic N) is 2. The summed E-state index contributed by atoms with van der Waals surface area (Å²) in [7, 11) is 0. The second-order valence-electron chi connectivity index (χ2n) is 3.80. The first-order chi connectivity index (χ1) is 7.88. The number of rotatable bonds is 2. The van der Waals surface area contributed by atoms with Gasteiger partial charge in [0.2, 0.25) is 0 Å². The molecule has 0 saturated carbocycles. The Balaban J connectivity index is 2.15. The van der Waals surface area contributed by atoms with E-state index >= 15 is 0 Å². The molecule has 2 aromatic rings. The van der Waals surface area contributed by atoms with Gasteiger partial charge < -0.3 is 5.43 Å². The summed E-state index contributed by atoms with van der Waals surface area (Å²) in [4.78, 5) is 10.2. The summed E-state index contributed by atoms with van der Waals surface area (Å²) in [5, 5.41) is 2.03. The van der Waals surface area contributed by atoms with Crippen LogP contribution in [0.4, 0.5) is 5.82 Å². The van der Waals surface area contributed by atoms with Gasteiger partial charge in [-0.3, -0.25) is 0 Å². The number of anilines is 1. The average Bonchev–Trinajstić information content (AvgIpc) is 2.97. The van der Waals surface area contributed by atoms with Gasteiger partial charge in [0.05, 0.1) is 4.88 Å². The number of aryl methyl sites for hydroxylation is 1. The van der Waals surface area contributed by atoms with Gasteiger partial charge in [0, 0.05) is 11.3 Å². The molecule has 5 heteroatoms. The predicted molar refractivity (Wildman–Crippen MR) is 65.2 cm³/mol. The summed E-state index contributed by atoms with van der Waals surface area (Å²) in [6, 6.07) is 4.04. The fourth-order valence-electron chi connectivity index (χ4n) is 2.07. The van der Waals surface area contributed by atoms with Gasteiger partial charge in [0.25, 0.3) is 0 Å². The summed E-state index contributed by atoms with van der Waals surface area (Å²) in [5.41, 5.74) is 5.01. The van der Waals surface area contributed by atoms with Gasteiger partial charge >= 0.3 is 0 Å². The Morgan fingerprint density at radius 1 is 1.31 bits per heavy atom. The minimum atomic E-state index is 0.781. The van der Waals surface area contributed by atoms with Gasteiger partial charge in [-0.2, -0.15) is 0 Å². The van der Waals surface area contributed by atoms with Gasteiger partial charge in [0.1, 0.15) is 5.82 Å². The minimum Gasteiger partial charge on any atom is -0.308 e. The van der Waals surface area contributed by atoms with Crippen LogP contribution in [0, 0.1) is 0 Å². The predicted octanol–water partition coefficient (Wildman–Crippen LogP) is 1.98. The van der Waals surface area contributed by atoms with E-state index in [2.05, 4.69) is 15.4 Å². The quantitative estimate of drug-likeness (QED) is 0.614. The molecule has 2 aromatic heterocycles. The zero-order valence-electron chi connectivity index (χ0n) is 8.73. The molecule has 16 heavy (non-hydrogen) atoms. The minimum absolute atomic E-state index is 0.781. The molecule has 0 aromatic carbocycles. The summed E-state index contributed by atoms with van der Waals surface area (Å²) < 4.78 is 0. The highest BCUT2D eigenvalue weighted by molar-refractivity contribution is 7.13. The average molecular weight is 232 g/mol. The molecule has 4 nitrogen and oxygen atoms in total. The van der Waals surface area contributed by atoms with Crippen molar-refractivity contribution in [2.24, 2.45) is 5.84 Å². The monoisotopic (exact) mass is 232 g/mol. The van der Waals surface area contributed by atoms with Crippen LogP contribution >= 0.6 is 11.3 Å². The van der Waals surface area contributed by atoms with Crippen LogP contribution in [0.25, 0.3) is 10.7 Å². The number of hydrogen-bond acceptors (Lipinski definition) is 5. The molecule has 3 rings (SSSR count). The summed E-state index contributed by atoms with van der Waals surface area (Å²) >= 11 is 1.65.